The molecule has 31 heavy (non-hydrogen) atoms. The van der Waals surface area contributed by atoms with E-state index in [0.29, 0.717) is 45.3 Å². The van der Waals surface area contributed by atoms with Gasteiger partial charge in [-0.1, -0.05) is 39.3 Å². The van der Waals surface area contributed by atoms with Gasteiger partial charge in [0.25, 0.3) is 5.91 Å². The van der Waals surface area contributed by atoms with E-state index in [9.17, 15) is 14.7 Å². The number of aliphatic hydroxyl groups excluding tert-OH is 1. The van der Waals surface area contributed by atoms with E-state index in [2.05, 4.69) is 17.7 Å². The van der Waals surface area contributed by atoms with Crippen molar-refractivity contribution in [2.75, 3.05) is 37.4 Å². The van der Waals surface area contributed by atoms with Gasteiger partial charge in [0.15, 0.2) is 0 Å². The Kier molecular flexibility index (Phi) is 11.0. The SMILES string of the molecule is CC.CC.C[N+]1(CCO)CCc2c(sc(NC(=O)Nc3ccc(Cl)cc3)c2C(N)=O)C1. The van der Waals surface area contributed by atoms with Crippen molar-refractivity contribution >= 4 is 45.6 Å². The zero-order valence-corrected chi connectivity index (χ0v) is 20.5. The van der Waals surface area contributed by atoms with Crippen LogP contribution in [0.1, 0.15) is 48.5 Å². The first-order valence-corrected chi connectivity index (χ1v) is 11.7. The van der Waals surface area contributed by atoms with Gasteiger partial charge < -0.3 is 20.6 Å². The number of fused-ring (bicyclic) bond motifs is 1. The van der Waals surface area contributed by atoms with Crippen LogP contribution in [0.15, 0.2) is 24.3 Å². The van der Waals surface area contributed by atoms with Crippen molar-refractivity contribution < 1.29 is 19.2 Å². The predicted molar refractivity (Wildman–Crippen MR) is 130 cm³/mol. The zero-order chi connectivity index (χ0) is 23.6. The van der Waals surface area contributed by atoms with E-state index in [1.165, 1.54) is 11.3 Å². The van der Waals surface area contributed by atoms with Crippen molar-refractivity contribution in [3.05, 3.63) is 45.3 Å². The predicted octanol–water partition coefficient (Wildman–Crippen LogP) is 4.69. The maximum Gasteiger partial charge on any atom is 0.324 e. The number of halogens is 1. The van der Waals surface area contributed by atoms with Gasteiger partial charge in [-0.2, -0.15) is 0 Å². The third-order valence-electron chi connectivity index (χ3n) is 4.73. The number of carbonyl (C=O) groups excluding carboxylic acids is 2. The van der Waals surface area contributed by atoms with E-state index in [0.717, 1.165) is 17.0 Å². The number of amides is 3. The van der Waals surface area contributed by atoms with Crippen LogP contribution >= 0.6 is 22.9 Å². The first-order valence-electron chi connectivity index (χ1n) is 10.5. The highest BCUT2D eigenvalue weighted by molar-refractivity contribution is 7.17. The topological polar surface area (TPSA) is 104 Å². The molecule has 0 fully saturated rings. The molecule has 9 heteroatoms. The number of urea groups is 1. The van der Waals surface area contributed by atoms with Gasteiger partial charge in [-0.25, -0.2) is 4.79 Å². The molecule has 0 saturated heterocycles. The number of likely N-dealkylation sites (N-methyl/N-ethyl adjacent to an activating group) is 1. The number of aliphatic hydroxyl groups is 1. The van der Waals surface area contributed by atoms with E-state index in [4.69, 9.17) is 17.3 Å². The molecule has 0 bridgehead atoms. The molecule has 1 aliphatic rings. The van der Waals surface area contributed by atoms with Crippen LogP contribution in [0.2, 0.25) is 5.02 Å². The summed E-state index contributed by atoms with van der Waals surface area (Å²) in [6.45, 7) is 10.2. The smallest absolute Gasteiger partial charge is 0.324 e. The lowest BCUT2D eigenvalue weighted by Gasteiger charge is -2.37. The molecule has 1 unspecified atom stereocenters. The van der Waals surface area contributed by atoms with Crippen LogP contribution in [0.4, 0.5) is 15.5 Å². The fourth-order valence-electron chi connectivity index (χ4n) is 3.29. The molecular formula is C22H34ClN4O3S+. The molecular weight excluding hydrogens is 436 g/mol. The molecule has 3 rings (SSSR count). The van der Waals surface area contributed by atoms with E-state index >= 15 is 0 Å². The molecule has 1 atom stereocenters. The normalized spacial score (nSPS) is 16.6. The number of benzene rings is 1. The standard InChI is InChI=1S/C18H21ClN4O3S.2C2H6/c1-23(8-9-24)7-6-13-14(10-23)27-17(15(13)16(20)25)22-18(26)21-12-4-2-11(19)3-5-12;2*1-2/h2-5,24H,6-10H2,1H3,(H3-,20,21,22,25,26);2*1-2H3/p+1. The second-order valence-electron chi connectivity index (χ2n) is 6.86. The first kappa shape index (κ1) is 26.9. The number of hydrogen-bond acceptors (Lipinski definition) is 4. The molecule has 3 amide bonds. The number of nitrogens with one attached hydrogen (secondary N) is 2. The van der Waals surface area contributed by atoms with Crippen LogP contribution in [0.25, 0.3) is 0 Å². The Balaban J connectivity index is 0.00000113. The molecule has 7 nitrogen and oxygen atoms in total. The summed E-state index contributed by atoms with van der Waals surface area (Å²) in [5.74, 6) is -0.549. The van der Waals surface area contributed by atoms with Gasteiger partial charge in [0.05, 0.1) is 30.6 Å². The molecule has 5 N–H and O–H groups in total. The molecule has 1 aromatic heterocycles. The van der Waals surface area contributed by atoms with Crippen LogP contribution in [0.3, 0.4) is 0 Å². The number of nitrogens with zero attached hydrogens (tertiary/aromatic N) is 1. The van der Waals surface area contributed by atoms with Crippen LogP contribution in [-0.2, 0) is 13.0 Å². The quantitative estimate of drug-likeness (QED) is 0.477. The summed E-state index contributed by atoms with van der Waals surface area (Å²) in [4.78, 5) is 25.4. The fourth-order valence-corrected chi connectivity index (χ4v) is 4.84. The van der Waals surface area contributed by atoms with Crippen LogP contribution < -0.4 is 16.4 Å². The second kappa shape index (κ2) is 12.7. The molecule has 1 aliphatic heterocycles. The minimum atomic E-state index is -0.549. The van der Waals surface area contributed by atoms with Crippen LogP contribution in [-0.4, -0.2) is 48.3 Å². The lowest BCUT2D eigenvalue weighted by molar-refractivity contribution is -0.924. The average molecular weight is 470 g/mol. The third kappa shape index (κ3) is 7.21. The van der Waals surface area contributed by atoms with Crippen molar-refractivity contribution in [1.29, 1.82) is 0 Å². The Bertz CT molecular complexity index is 870. The number of anilines is 2. The van der Waals surface area contributed by atoms with Gasteiger partial charge in [-0.05, 0) is 29.8 Å². The van der Waals surface area contributed by atoms with Crippen LogP contribution in [0, 0.1) is 0 Å². The fraction of sp³-hybridized carbons (Fsp3) is 0.455. The Morgan fingerprint density at radius 2 is 1.77 bits per heavy atom. The number of thiophene rings is 1. The van der Waals surface area contributed by atoms with Gasteiger partial charge in [0.2, 0.25) is 0 Å². The summed E-state index contributed by atoms with van der Waals surface area (Å²) < 4.78 is 0.693. The highest BCUT2D eigenvalue weighted by Gasteiger charge is 2.34. The molecule has 2 heterocycles. The van der Waals surface area contributed by atoms with E-state index in [-0.39, 0.29) is 6.61 Å². The molecule has 0 spiro atoms. The summed E-state index contributed by atoms with van der Waals surface area (Å²) in [6, 6.07) is 6.28. The van der Waals surface area contributed by atoms with Gasteiger partial charge >= 0.3 is 6.03 Å². The minimum absolute atomic E-state index is 0.106. The number of nitrogens with two attached hydrogens (primary N) is 1. The summed E-state index contributed by atoms with van der Waals surface area (Å²) in [7, 11) is 2.07. The Morgan fingerprint density at radius 1 is 1.16 bits per heavy atom. The number of carbonyl (C=O) groups is 2. The summed E-state index contributed by atoms with van der Waals surface area (Å²) in [5, 5.41) is 15.8. The van der Waals surface area contributed by atoms with Gasteiger partial charge in [0.1, 0.15) is 18.1 Å². The third-order valence-corrected chi connectivity index (χ3v) is 6.12. The first-order chi connectivity index (χ1) is 14.8. The molecule has 172 valence electrons. The van der Waals surface area contributed by atoms with Crippen molar-refractivity contribution in [1.82, 2.24) is 0 Å². The van der Waals surface area contributed by atoms with Crippen molar-refractivity contribution in [2.45, 2.75) is 40.7 Å². The Labute approximate surface area is 193 Å². The molecule has 0 saturated carbocycles. The average Bonchev–Trinajstić information content (AvgIpc) is 3.09. The molecule has 0 radical (unpaired) electrons. The van der Waals surface area contributed by atoms with E-state index < -0.39 is 11.9 Å². The van der Waals surface area contributed by atoms with Crippen molar-refractivity contribution in [3.8, 4) is 0 Å². The number of hydrogen-bond donors (Lipinski definition) is 4. The van der Waals surface area contributed by atoms with Crippen molar-refractivity contribution in [3.63, 3.8) is 0 Å². The highest BCUT2D eigenvalue weighted by Crippen LogP contribution is 2.38. The second-order valence-corrected chi connectivity index (χ2v) is 8.40. The lowest BCUT2D eigenvalue weighted by atomic mass is 10.0. The molecule has 2 aromatic rings. The van der Waals surface area contributed by atoms with Crippen molar-refractivity contribution in [2.24, 2.45) is 5.73 Å². The zero-order valence-electron chi connectivity index (χ0n) is 18.9. The summed E-state index contributed by atoms with van der Waals surface area (Å²) in [6.07, 6.45) is 0.682. The number of rotatable bonds is 5. The largest absolute Gasteiger partial charge is 0.391 e. The minimum Gasteiger partial charge on any atom is -0.391 e. The van der Waals surface area contributed by atoms with Gasteiger partial charge in [0, 0.05) is 17.1 Å². The van der Waals surface area contributed by atoms with E-state index in [1.54, 1.807) is 24.3 Å². The highest BCUT2D eigenvalue weighted by atomic mass is 35.5. The number of primary amides is 1. The Hall–Kier alpha value is -2.13. The van der Waals surface area contributed by atoms with Gasteiger partial charge in [-0.3, -0.25) is 10.1 Å². The lowest BCUT2D eigenvalue weighted by Crippen LogP contribution is -2.49. The maximum atomic E-state index is 12.3. The molecule has 0 aliphatic carbocycles. The monoisotopic (exact) mass is 469 g/mol. The Morgan fingerprint density at radius 3 is 2.32 bits per heavy atom. The van der Waals surface area contributed by atoms with Crippen LogP contribution in [0.5, 0.6) is 0 Å². The molecule has 1 aromatic carbocycles. The summed E-state index contributed by atoms with van der Waals surface area (Å²) in [5.41, 5.74) is 7.47. The van der Waals surface area contributed by atoms with E-state index in [1.807, 2.05) is 27.7 Å². The maximum absolute atomic E-state index is 12.3. The number of quaternary nitrogens is 1. The van der Waals surface area contributed by atoms with Gasteiger partial charge in [-0.15, -0.1) is 11.3 Å². The summed E-state index contributed by atoms with van der Waals surface area (Å²) >= 11 is 7.21.